The summed E-state index contributed by atoms with van der Waals surface area (Å²) < 4.78 is 3.40. The molecule has 1 aromatic carbocycles. The number of tetrazole rings is 2. The van der Waals surface area contributed by atoms with E-state index in [0.717, 1.165) is 11.4 Å². The quantitative estimate of drug-likeness (QED) is 0.509. The van der Waals surface area contributed by atoms with Gasteiger partial charge in [-0.3, -0.25) is 0 Å². The topological polar surface area (TPSA) is 90.9 Å². The van der Waals surface area contributed by atoms with Gasteiger partial charge in [0, 0.05) is 0 Å². The molecule has 0 saturated heterocycles. The van der Waals surface area contributed by atoms with Crippen LogP contribution < -0.4 is 9.36 Å². The van der Waals surface area contributed by atoms with Gasteiger partial charge in [-0.05, 0) is 12.1 Å². The molecular formula is C8H8N8+2. The van der Waals surface area contributed by atoms with E-state index in [-0.39, 0.29) is 0 Å². The predicted molar refractivity (Wildman–Crippen MR) is 49.4 cm³/mol. The average molecular weight is 216 g/mol. The molecule has 0 aliphatic heterocycles. The van der Waals surface area contributed by atoms with Gasteiger partial charge in [0.25, 0.3) is 12.7 Å². The zero-order valence-electron chi connectivity index (χ0n) is 8.15. The lowest BCUT2D eigenvalue weighted by molar-refractivity contribution is -0.695. The summed E-state index contributed by atoms with van der Waals surface area (Å²) in [7, 11) is 0. The van der Waals surface area contributed by atoms with Crippen molar-refractivity contribution in [2.75, 3.05) is 0 Å². The van der Waals surface area contributed by atoms with Gasteiger partial charge in [-0.25, -0.2) is 0 Å². The van der Waals surface area contributed by atoms with E-state index >= 15 is 0 Å². The van der Waals surface area contributed by atoms with Crippen molar-refractivity contribution in [3.8, 4) is 11.4 Å². The van der Waals surface area contributed by atoms with Crippen molar-refractivity contribution in [2.24, 2.45) is 0 Å². The van der Waals surface area contributed by atoms with Crippen molar-refractivity contribution in [3.63, 3.8) is 0 Å². The Hall–Kier alpha value is -2.64. The minimum absolute atomic E-state index is 0.892. The first-order valence-electron chi connectivity index (χ1n) is 4.60. The molecule has 3 rings (SSSR count). The molecular weight excluding hydrogens is 208 g/mol. The third kappa shape index (κ3) is 1.32. The highest BCUT2D eigenvalue weighted by molar-refractivity contribution is 5.38. The second-order valence-electron chi connectivity index (χ2n) is 3.09. The van der Waals surface area contributed by atoms with Gasteiger partial charge in [0.05, 0.1) is 0 Å². The van der Waals surface area contributed by atoms with Gasteiger partial charge in [0.2, 0.25) is 0 Å². The largest absolute Gasteiger partial charge is 0.293 e. The summed E-state index contributed by atoms with van der Waals surface area (Å²) in [5.74, 6) is 0. The smallest absolute Gasteiger partial charge is 0.126 e. The van der Waals surface area contributed by atoms with Gasteiger partial charge >= 0.3 is 0 Å². The van der Waals surface area contributed by atoms with Crippen molar-refractivity contribution in [1.82, 2.24) is 31.1 Å². The molecule has 2 heterocycles. The number of aromatic nitrogens is 8. The number of nitrogens with zero attached hydrogens (tertiary/aromatic N) is 6. The molecule has 3 aromatic rings. The Morgan fingerprint density at radius 2 is 1.31 bits per heavy atom. The van der Waals surface area contributed by atoms with Crippen LogP contribution in [0.1, 0.15) is 0 Å². The van der Waals surface area contributed by atoms with Crippen LogP contribution in [0.25, 0.3) is 11.4 Å². The van der Waals surface area contributed by atoms with Gasteiger partial charge in [0.15, 0.2) is 21.8 Å². The first kappa shape index (κ1) is 8.65. The normalized spacial score (nSPS) is 10.5. The number of benzene rings is 1. The minimum atomic E-state index is 0.892. The summed E-state index contributed by atoms with van der Waals surface area (Å²) in [6.45, 7) is 0. The van der Waals surface area contributed by atoms with Gasteiger partial charge in [-0.1, -0.05) is 22.6 Å². The molecule has 0 aliphatic carbocycles. The molecule has 8 nitrogen and oxygen atoms in total. The van der Waals surface area contributed by atoms with E-state index < -0.39 is 0 Å². The molecule has 16 heavy (non-hydrogen) atoms. The summed E-state index contributed by atoms with van der Waals surface area (Å²) in [6.07, 6.45) is 3.17. The van der Waals surface area contributed by atoms with E-state index in [9.17, 15) is 0 Å². The number of H-pyrrole nitrogens is 2. The van der Waals surface area contributed by atoms with Crippen LogP contribution in [0.5, 0.6) is 0 Å². The third-order valence-electron chi connectivity index (χ3n) is 2.16. The molecule has 0 aliphatic rings. The Labute approximate surface area is 89.5 Å². The fourth-order valence-electron chi connectivity index (χ4n) is 1.46. The van der Waals surface area contributed by atoms with E-state index in [4.69, 9.17) is 0 Å². The number of hydrogen-bond donors (Lipinski definition) is 2. The van der Waals surface area contributed by atoms with Crippen molar-refractivity contribution in [3.05, 3.63) is 36.9 Å². The lowest BCUT2D eigenvalue weighted by atomic mass is 10.2. The van der Waals surface area contributed by atoms with E-state index in [0.29, 0.717) is 0 Å². The summed E-state index contributed by atoms with van der Waals surface area (Å²) in [5, 5.41) is 20.3. The molecule has 0 radical (unpaired) electrons. The van der Waals surface area contributed by atoms with Crippen LogP contribution in [0.4, 0.5) is 0 Å². The van der Waals surface area contributed by atoms with Crippen LogP contribution in [0.2, 0.25) is 0 Å². The average Bonchev–Trinajstić information content (AvgIpc) is 3.03. The van der Waals surface area contributed by atoms with Gasteiger partial charge in [-0.15, -0.1) is 9.36 Å². The summed E-state index contributed by atoms with van der Waals surface area (Å²) >= 11 is 0. The number of aromatic amines is 2. The number of nitrogens with one attached hydrogen (secondary N) is 2. The Balaban J connectivity index is 2.19. The van der Waals surface area contributed by atoms with Gasteiger partial charge in [0.1, 0.15) is 10.2 Å². The Morgan fingerprint density at radius 3 is 1.69 bits per heavy atom. The number of hydrogen-bond acceptors (Lipinski definition) is 4. The summed E-state index contributed by atoms with van der Waals surface area (Å²) in [4.78, 5) is 0. The molecule has 0 unspecified atom stereocenters. The maximum atomic E-state index is 3.73. The molecule has 0 spiro atoms. The molecule has 2 N–H and O–H groups in total. The van der Waals surface area contributed by atoms with Crippen molar-refractivity contribution < 1.29 is 9.36 Å². The monoisotopic (exact) mass is 216 g/mol. The van der Waals surface area contributed by atoms with Crippen LogP contribution in [0, 0.1) is 0 Å². The lowest BCUT2D eigenvalue weighted by Crippen LogP contribution is -2.41. The lowest BCUT2D eigenvalue weighted by Gasteiger charge is -1.99. The molecule has 0 amide bonds. The Kier molecular flexibility index (Phi) is 1.89. The first-order valence-corrected chi connectivity index (χ1v) is 4.60. The van der Waals surface area contributed by atoms with Gasteiger partial charge < -0.3 is 0 Å². The van der Waals surface area contributed by atoms with E-state index in [1.165, 1.54) is 0 Å². The van der Waals surface area contributed by atoms with E-state index in [1.807, 2.05) is 24.3 Å². The Morgan fingerprint density at radius 1 is 0.812 bits per heavy atom. The SMILES string of the molecule is c1ccc(-[n+]2cnn[nH]2)c(-[n+]2cnn[nH]2)c1. The molecule has 8 heteroatoms. The van der Waals surface area contributed by atoms with Crippen molar-refractivity contribution >= 4 is 0 Å². The van der Waals surface area contributed by atoms with Crippen LogP contribution in [-0.4, -0.2) is 31.1 Å². The zero-order valence-corrected chi connectivity index (χ0v) is 8.15. The fraction of sp³-hybridized carbons (Fsp3) is 0. The minimum Gasteiger partial charge on any atom is -0.126 e. The highest BCUT2D eigenvalue weighted by Gasteiger charge is 2.14. The van der Waals surface area contributed by atoms with E-state index in [1.54, 1.807) is 22.0 Å². The number of rotatable bonds is 2. The van der Waals surface area contributed by atoms with Crippen LogP contribution in [0.15, 0.2) is 36.9 Å². The second-order valence-corrected chi connectivity index (χ2v) is 3.09. The van der Waals surface area contributed by atoms with Crippen LogP contribution in [0.3, 0.4) is 0 Å². The standard InChI is InChI=1S/C8H6N8/c1-2-4-8(16-6-10-12-14-16)7(3-1)15-5-9-11-13-15/h1-6H/p+2. The molecule has 0 saturated carbocycles. The van der Waals surface area contributed by atoms with Crippen molar-refractivity contribution in [2.45, 2.75) is 0 Å². The number of para-hydroxylation sites is 2. The van der Waals surface area contributed by atoms with Crippen molar-refractivity contribution in [1.29, 1.82) is 0 Å². The molecule has 0 fully saturated rings. The summed E-state index contributed by atoms with van der Waals surface area (Å²) in [5.41, 5.74) is 1.78. The molecule has 0 atom stereocenters. The molecule has 0 bridgehead atoms. The predicted octanol–water partition coefficient (Wildman–Crippen LogP) is -1.52. The van der Waals surface area contributed by atoms with Crippen LogP contribution in [-0.2, 0) is 0 Å². The Bertz CT molecular complexity index is 517. The fourth-order valence-corrected chi connectivity index (χ4v) is 1.46. The first-order chi connectivity index (χ1) is 7.95. The maximum absolute atomic E-state index is 3.73. The van der Waals surface area contributed by atoms with Crippen LogP contribution >= 0.6 is 0 Å². The maximum Gasteiger partial charge on any atom is 0.293 e. The highest BCUT2D eigenvalue weighted by atomic mass is 15.6. The molecule has 78 valence electrons. The second kappa shape index (κ2) is 3.50. The third-order valence-corrected chi connectivity index (χ3v) is 2.16. The van der Waals surface area contributed by atoms with Gasteiger partial charge in [-0.2, -0.15) is 0 Å². The zero-order chi connectivity index (χ0) is 10.8. The van der Waals surface area contributed by atoms with E-state index in [2.05, 4.69) is 31.1 Å². The molecule has 2 aromatic heterocycles. The highest BCUT2D eigenvalue weighted by Crippen LogP contribution is 2.05. The summed E-state index contributed by atoms with van der Waals surface area (Å²) in [6, 6.07) is 7.72.